The number of nitrogens with zero attached hydrogens (tertiary/aromatic N) is 4. The van der Waals surface area contributed by atoms with Crippen LogP contribution in [0, 0.1) is 13.8 Å². The predicted molar refractivity (Wildman–Crippen MR) is 112 cm³/mol. The molecule has 1 aromatic heterocycles. The molecule has 0 radical (unpaired) electrons. The van der Waals surface area contributed by atoms with Crippen molar-refractivity contribution in [3.63, 3.8) is 0 Å². The summed E-state index contributed by atoms with van der Waals surface area (Å²) in [5.41, 5.74) is 3.68. The van der Waals surface area contributed by atoms with E-state index in [2.05, 4.69) is 76.0 Å². The number of guanidine groups is 1. The van der Waals surface area contributed by atoms with Crippen LogP contribution in [0.1, 0.15) is 58.5 Å². The van der Waals surface area contributed by atoms with Gasteiger partial charge in [0.2, 0.25) is 0 Å². The fraction of sp³-hybridized carbons (Fsp3) is 0.800. The van der Waals surface area contributed by atoms with E-state index in [1.807, 2.05) is 11.7 Å². The molecule has 0 aliphatic carbocycles. The number of aryl methyl sites for hydroxylation is 2. The van der Waals surface area contributed by atoms with Gasteiger partial charge in [-0.25, -0.2) is 0 Å². The van der Waals surface area contributed by atoms with Crippen molar-refractivity contribution in [3.8, 4) is 0 Å². The maximum atomic E-state index is 4.78. The summed E-state index contributed by atoms with van der Waals surface area (Å²) in [7, 11) is 2.00. The summed E-state index contributed by atoms with van der Waals surface area (Å²) in [6, 6.07) is 1.37. The Morgan fingerprint density at radius 3 is 2.23 bits per heavy atom. The van der Waals surface area contributed by atoms with Gasteiger partial charge in [0.1, 0.15) is 0 Å². The quantitative estimate of drug-likeness (QED) is 0.522. The number of aliphatic imine (C=N–C) groups is 1. The summed E-state index contributed by atoms with van der Waals surface area (Å²) in [6.07, 6.45) is 0.944. The van der Waals surface area contributed by atoms with Gasteiger partial charge in [-0.3, -0.25) is 14.6 Å². The molecule has 0 saturated carbocycles. The van der Waals surface area contributed by atoms with E-state index >= 15 is 0 Å². The van der Waals surface area contributed by atoms with Gasteiger partial charge in [-0.15, -0.1) is 0 Å². The summed E-state index contributed by atoms with van der Waals surface area (Å²) in [5.74, 6) is 0.895. The standard InChI is InChI=1S/C20H40N6/c1-10-21-20(22-11-12-26(14(2)3)15(4)5)23-16(6)13-19-17(7)24-25(9)18(19)8/h14-16H,10-13H2,1-9H3,(H2,21,22,23). The smallest absolute Gasteiger partial charge is 0.191 e. The molecule has 2 N–H and O–H groups in total. The molecule has 150 valence electrons. The number of nitrogens with one attached hydrogen (secondary N) is 2. The first-order valence-electron chi connectivity index (χ1n) is 9.96. The molecule has 1 heterocycles. The van der Waals surface area contributed by atoms with E-state index in [1.54, 1.807) is 0 Å². The lowest BCUT2D eigenvalue weighted by Crippen LogP contribution is -2.44. The van der Waals surface area contributed by atoms with E-state index < -0.39 is 0 Å². The molecule has 26 heavy (non-hydrogen) atoms. The second-order valence-corrected chi connectivity index (χ2v) is 7.71. The van der Waals surface area contributed by atoms with Gasteiger partial charge in [-0.2, -0.15) is 5.10 Å². The minimum absolute atomic E-state index is 0.292. The molecule has 0 bridgehead atoms. The molecule has 6 heteroatoms. The zero-order chi connectivity index (χ0) is 19.9. The van der Waals surface area contributed by atoms with Crippen LogP contribution in [0.2, 0.25) is 0 Å². The molecule has 0 aliphatic heterocycles. The van der Waals surface area contributed by atoms with Crippen LogP contribution in [0.3, 0.4) is 0 Å². The molecule has 0 aliphatic rings. The Labute approximate surface area is 160 Å². The third kappa shape index (κ3) is 6.63. The molecule has 0 aromatic carbocycles. The first kappa shape index (κ1) is 22.5. The average molecular weight is 365 g/mol. The van der Waals surface area contributed by atoms with Crippen molar-refractivity contribution in [1.82, 2.24) is 25.3 Å². The number of aromatic nitrogens is 2. The fourth-order valence-electron chi connectivity index (χ4n) is 3.41. The van der Waals surface area contributed by atoms with Gasteiger partial charge in [0, 0.05) is 44.0 Å². The van der Waals surface area contributed by atoms with Crippen LogP contribution < -0.4 is 10.6 Å². The summed E-state index contributed by atoms with van der Waals surface area (Å²) in [5, 5.41) is 11.4. The van der Waals surface area contributed by atoms with Crippen molar-refractivity contribution >= 4 is 5.96 Å². The van der Waals surface area contributed by atoms with Crippen LogP contribution in [0.15, 0.2) is 4.99 Å². The van der Waals surface area contributed by atoms with Crippen LogP contribution in [-0.4, -0.2) is 58.4 Å². The molecule has 0 fully saturated rings. The Morgan fingerprint density at radius 2 is 1.77 bits per heavy atom. The Bertz CT molecular complexity index is 565. The largest absolute Gasteiger partial charge is 0.357 e. The van der Waals surface area contributed by atoms with Crippen molar-refractivity contribution in [2.75, 3.05) is 19.6 Å². The van der Waals surface area contributed by atoms with Crippen LogP contribution in [0.5, 0.6) is 0 Å². The van der Waals surface area contributed by atoms with E-state index in [0.29, 0.717) is 18.1 Å². The fourth-order valence-corrected chi connectivity index (χ4v) is 3.41. The van der Waals surface area contributed by atoms with Gasteiger partial charge < -0.3 is 10.6 Å². The van der Waals surface area contributed by atoms with Crippen LogP contribution in [0.4, 0.5) is 0 Å². The molecule has 0 amide bonds. The molecule has 1 rings (SSSR count). The van der Waals surface area contributed by atoms with Crippen molar-refractivity contribution in [1.29, 1.82) is 0 Å². The Balaban J connectivity index is 2.68. The monoisotopic (exact) mass is 364 g/mol. The molecule has 1 atom stereocenters. The highest BCUT2D eigenvalue weighted by atomic mass is 15.3. The van der Waals surface area contributed by atoms with Crippen LogP contribution in [0.25, 0.3) is 0 Å². The van der Waals surface area contributed by atoms with E-state index in [0.717, 1.165) is 37.7 Å². The van der Waals surface area contributed by atoms with Crippen molar-refractivity contribution in [2.45, 2.75) is 79.9 Å². The van der Waals surface area contributed by atoms with E-state index in [-0.39, 0.29) is 0 Å². The third-order valence-electron chi connectivity index (χ3n) is 4.85. The summed E-state index contributed by atoms with van der Waals surface area (Å²) in [4.78, 5) is 7.25. The van der Waals surface area contributed by atoms with Crippen LogP contribution in [-0.2, 0) is 13.5 Å². The molecule has 1 aromatic rings. The van der Waals surface area contributed by atoms with Gasteiger partial charge >= 0.3 is 0 Å². The second kappa shape index (κ2) is 10.6. The first-order valence-corrected chi connectivity index (χ1v) is 9.96. The normalized spacial score (nSPS) is 13.8. The van der Waals surface area contributed by atoms with E-state index in [1.165, 1.54) is 11.3 Å². The lowest BCUT2D eigenvalue weighted by Gasteiger charge is -2.30. The number of rotatable bonds is 9. The molecular formula is C20H40N6. The second-order valence-electron chi connectivity index (χ2n) is 7.71. The van der Waals surface area contributed by atoms with Gasteiger partial charge in [-0.1, -0.05) is 0 Å². The summed E-state index contributed by atoms with van der Waals surface area (Å²) >= 11 is 0. The molecule has 0 spiro atoms. The van der Waals surface area contributed by atoms with Gasteiger partial charge in [0.05, 0.1) is 12.2 Å². The first-order chi connectivity index (χ1) is 12.2. The third-order valence-corrected chi connectivity index (χ3v) is 4.85. The van der Waals surface area contributed by atoms with Crippen molar-refractivity contribution in [3.05, 3.63) is 17.0 Å². The Hall–Kier alpha value is -1.56. The highest BCUT2D eigenvalue weighted by molar-refractivity contribution is 5.80. The van der Waals surface area contributed by atoms with Gasteiger partial charge in [-0.05, 0) is 67.4 Å². The zero-order valence-corrected chi connectivity index (χ0v) is 18.3. The van der Waals surface area contributed by atoms with Crippen LogP contribution >= 0.6 is 0 Å². The van der Waals surface area contributed by atoms with Gasteiger partial charge in [0.15, 0.2) is 5.96 Å². The summed E-state index contributed by atoms with van der Waals surface area (Å²) in [6.45, 7) is 20.1. The van der Waals surface area contributed by atoms with E-state index in [4.69, 9.17) is 4.99 Å². The highest BCUT2D eigenvalue weighted by Crippen LogP contribution is 2.14. The van der Waals surface area contributed by atoms with Gasteiger partial charge in [0.25, 0.3) is 0 Å². The van der Waals surface area contributed by atoms with Crippen molar-refractivity contribution < 1.29 is 0 Å². The molecule has 6 nitrogen and oxygen atoms in total. The lowest BCUT2D eigenvalue weighted by molar-refractivity contribution is 0.181. The molecule has 0 saturated heterocycles. The Morgan fingerprint density at radius 1 is 1.15 bits per heavy atom. The maximum Gasteiger partial charge on any atom is 0.191 e. The zero-order valence-electron chi connectivity index (χ0n) is 18.3. The highest BCUT2D eigenvalue weighted by Gasteiger charge is 2.15. The van der Waals surface area contributed by atoms with Crippen molar-refractivity contribution in [2.24, 2.45) is 12.0 Å². The topological polar surface area (TPSA) is 57.5 Å². The number of hydrogen-bond donors (Lipinski definition) is 2. The predicted octanol–water partition coefficient (Wildman–Crippen LogP) is 2.64. The lowest BCUT2D eigenvalue weighted by atomic mass is 10.1. The Kier molecular flexibility index (Phi) is 9.13. The summed E-state index contributed by atoms with van der Waals surface area (Å²) < 4.78 is 1.96. The molecular weight excluding hydrogens is 324 g/mol. The SMILES string of the molecule is CCNC(=NCCN(C(C)C)C(C)C)NC(C)Cc1c(C)nn(C)c1C. The maximum absolute atomic E-state index is 4.78. The minimum Gasteiger partial charge on any atom is -0.357 e. The average Bonchev–Trinajstić information content (AvgIpc) is 2.77. The van der Waals surface area contributed by atoms with E-state index in [9.17, 15) is 0 Å². The minimum atomic E-state index is 0.292. The number of hydrogen-bond acceptors (Lipinski definition) is 3. The molecule has 1 unspecified atom stereocenters.